The summed E-state index contributed by atoms with van der Waals surface area (Å²) in [5, 5.41) is 0. The molecule has 0 saturated carbocycles. The van der Waals surface area contributed by atoms with Gasteiger partial charge in [0, 0.05) is 15.6 Å². The molecule has 0 fully saturated rings. The second kappa shape index (κ2) is 9.34. The Kier molecular flexibility index (Phi) is 6.62. The van der Waals surface area contributed by atoms with E-state index in [-0.39, 0.29) is 5.78 Å². The van der Waals surface area contributed by atoms with Crippen LogP contribution >= 0.6 is 15.9 Å². The molecule has 3 aromatic rings. The summed E-state index contributed by atoms with van der Waals surface area (Å²) < 4.78 is 11.6. The Labute approximate surface area is 177 Å². The summed E-state index contributed by atoms with van der Waals surface area (Å²) in [6.45, 7) is 1.95. The quantitative estimate of drug-likeness (QED) is 0.203. The van der Waals surface area contributed by atoms with E-state index in [9.17, 15) is 9.59 Å². The molecule has 3 rings (SSSR count). The minimum absolute atomic E-state index is 0.163. The number of esters is 1. The van der Waals surface area contributed by atoms with E-state index in [4.69, 9.17) is 9.47 Å². The lowest BCUT2D eigenvalue weighted by Crippen LogP contribution is -2.08. The molecule has 0 unspecified atom stereocenters. The third kappa shape index (κ3) is 5.42. The van der Waals surface area contributed by atoms with Gasteiger partial charge in [-0.25, -0.2) is 4.79 Å². The molecule has 0 spiro atoms. The Morgan fingerprint density at radius 2 is 1.55 bits per heavy atom. The smallest absolute Gasteiger partial charge is 0.343 e. The molecule has 146 valence electrons. The van der Waals surface area contributed by atoms with E-state index in [1.807, 2.05) is 37.3 Å². The van der Waals surface area contributed by atoms with Crippen LogP contribution in [0.4, 0.5) is 0 Å². The van der Waals surface area contributed by atoms with E-state index < -0.39 is 5.97 Å². The SMILES string of the molecule is COc1ccc(Br)cc1/C=C/C(=O)c1ccc(OC(=O)c2ccc(C)cc2)cc1. The number of allylic oxidation sites excluding steroid dienone is 1. The Morgan fingerprint density at radius 3 is 2.21 bits per heavy atom. The van der Waals surface area contributed by atoms with Crippen LogP contribution in [-0.4, -0.2) is 18.9 Å². The first kappa shape index (κ1) is 20.6. The van der Waals surface area contributed by atoms with E-state index in [1.165, 1.54) is 6.08 Å². The molecule has 0 bridgehead atoms. The summed E-state index contributed by atoms with van der Waals surface area (Å²) in [6, 6.07) is 19.2. The van der Waals surface area contributed by atoms with Crippen molar-refractivity contribution in [1.29, 1.82) is 0 Å². The van der Waals surface area contributed by atoms with Crippen LogP contribution in [0.3, 0.4) is 0 Å². The van der Waals surface area contributed by atoms with Crippen molar-refractivity contribution in [3.8, 4) is 11.5 Å². The lowest BCUT2D eigenvalue weighted by Gasteiger charge is -2.06. The molecule has 0 aliphatic carbocycles. The van der Waals surface area contributed by atoms with Gasteiger partial charge >= 0.3 is 5.97 Å². The topological polar surface area (TPSA) is 52.6 Å². The van der Waals surface area contributed by atoms with Crippen LogP contribution in [0.5, 0.6) is 11.5 Å². The van der Waals surface area contributed by atoms with Crippen LogP contribution in [0.1, 0.15) is 31.8 Å². The Balaban J connectivity index is 1.68. The van der Waals surface area contributed by atoms with Gasteiger partial charge in [-0.1, -0.05) is 33.6 Å². The number of methoxy groups -OCH3 is 1. The third-order valence-corrected chi connectivity index (χ3v) is 4.74. The van der Waals surface area contributed by atoms with Crippen LogP contribution in [-0.2, 0) is 0 Å². The number of hydrogen-bond acceptors (Lipinski definition) is 4. The summed E-state index contributed by atoms with van der Waals surface area (Å²) >= 11 is 3.41. The number of ketones is 1. The summed E-state index contributed by atoms with van der Waals surface area (Å²) in [4.78, 5) is 24.6. The predicted octanol–water partition coefficient (Wildman–Crippen LogP) is 5.88. The van der Waals surface area contributed by atoms with Crippen molar-refractivity contribution in [1.82, 2.24) is 0 Å². The fourth-order valence-electron chi connectivity index (χ4n) is 2.64. The predicted molar refractivity (Wildman–Crippen MR) is 117 cm³/mol. The summed E-state index contributed by atoms with van der Waals surface area (Å²) in [5.74, 6) is 0.453. The summed E-state index contributed by atoms with van der Waals surface area (Å²) in [7, 11) is 1.58. The zero-order valence-corrected chi connectivity index (χ0v) is 17.6. The highest BCUT2D eigenvalue weighted by Gasteiger charge is 2.09. The zero-order chi connectivity index (χ0) is 20.8. The molecule has 0 saturated heterocycles. The second-order valence-electron chi connectivity index (χ2n) is 6.36. The first-order chi connectivity index (χ1) is 14.0. The van der Waals surface area contributed by atoms with Gasteiger partial charge in [-0.2, -0.15) is 0 Å². The van der Waals surface area contributed by atoms with Gasteiger partial charge in [0.05, 0.1) is 12.7 Å². The molecule has 0 N–H and O–H groups in total. The number of carbonyl (C=O) groups excluding carboxylic acids is 2. The Bertz CT molecular complexity index is 1050. The molecule has 5 heteroatoms. The fourth-order valence-corrected chi connectivity index (χ4v) is 3.02. The van der Waals surface area contributed by atoms with Crippen LogP contribution in [0.15, 0.2) is 77.3 Å². The van der Waals surface area contributed by atoms with Gasteiger partial charge in [0.25, 0.3) is 0 Å². The maximum atomic E-state index is 12.4. The molecule has 0 aromatic heterocycles. The zero-order valence-electron chi connectivity index (χ0n) is 16.0. The highest BCUT2D eigenvalue weighted by Crippen LogP contribution is 2.24. The number of hydrogen-bond donors (Lipinski definition) is 0. The van der Waals surface area contributed by atoms with Gasteiger partial charge in [-0.15, -0.1) is 0 Å². The Hall–Kier alpha value is -3.18. The minimum atomic E-state index is -0.439. The van der Waals surface area contributed by atoms with E-state index in [0.29, 0.717) is 22.6 Å². The minimum Gasteiger partial charge on any atom is -0.496 e. The highest BCUT2D eigenvalue weighted by atomic mass is 79.9. The summed E-state index contributed by atoms with van der Waals surface area (Å²) in [5.41, 5.74) is 2.82. The molecule has 0 radical (unpaired) electrons. The second-order valence-corrected chi connectivity index (χ2v) is 7.28. The maximum Gasteiger partial charge on any atom is 0.343 e. The lowest BCUT2D eigenvalue weighted by atomic mass is 10.1. The fraction of sp³-hybridized carbons (Fsp3) is 0.0833. The number of halogens is 1. The van der Waals surface area contributed by atoms with Crippen molar-refractivity contribution in [2.75, 3.05) is 7.11 Å². The van der Waals surface area contributed by atoms with E-state index >= 15 is 0 Å². The van der Waals surface area contributed by atoms with Gasteiger partial charge in [0.2, 0.25) is 0 Å². The standard InChI is InChI=1S/C24H19BrO4/c1-16-3-5-18(6-4-16)24(27)29-21-11-7-17(8-12-21)22(26)13-9-19-15-20(25)10-14-23(19)28-2/h3-15H,1-2H3/b13-9+. The molecule has 3 aromatic carbocycles. The first-order valence-electron chi connectivity index (χ1n) is 8.91. The maximum absolute atomic E-state index is 12.4. The summed E-state index contributed by atoms with van der Waals surface area (Å²) in [6.07, 6.45) is 3.19. The van der Waals surface area contributed by atoms with Gasteiger partial charge in [-0.3, -0.25) is 4.79 Å². The molecule has 0 heterocycles. The van der Waals surface area contributed by atoms with Crippen molar-refractivity contribution in [2.24, 2.45) is 0 Å². The molecule has 29 heavy (non-hydrogen) atoms. The molecule has 4 nitrogen and oxygen atoms in total. The van der Waals surface area contributed by atoms with Crippen LogP contribution in [0.2, 0.25) is 0 Å². The largest absolute Gasteiger partial charge is 0.496 e. The average molecular weight is 451 g/mol. The number of rotatable bonds is 6. The van der Waals surface area contributed by atoms with E-state index in [1.54, 1.807) is 49.6 Å². The monoisotopic (exact) mass is 450 g/mol. The molecule has 0 amide bonds. The molecule has 0 aliphatic heterocycles. The molecular formula is C24H19BrO4. The van der Waals surface area contributed by atoms with Crippen LogP contribution in [0, 0.1) is 6.92 Å². The highest BCUT2D eigenvalue weighted by molar-refractivity contribution is 9.10. The van der Waals surface area contributed by atoms with Crippen LogP contribution < -0.4 is 9.47 Å². The van der Waals surface area contributed by atoms with E-state index in [2.05, 4.69) is 15.9 Å². The van der Waals surface area contributed by atoms with Crippen molar-refractivity contribution in [3.05, 3.63) is 99.5 Å². The van der Waals surface area contributed by atoms with Gasteiger partial charge in [0.1, 0.15) is 11.5 Å². The van der Waals surface area contributed by atoms with Gasteiger partial charge < -0.3 is 9.47 Å². The van der Waals surface area contributed by atoms with Crippen molar-refractivity contribution < 1.29 is 19.1 Å². The number of aryl methyl sites for hydroxylation is 1. The number of ether oxygens (including phenoxy) is 2. The molecule has 0 aliphatic rings. The van der Waals surface area contributed by atoms with Crippen molar-refractivity contribution in [3.63, 3.8) is 0 Å². The van der Waals surface area contributed by atoms with Gasteiger partial charge in [-0.05, 0) is 73.7 Å². The number of carbonyl (C=O) groups is 2. The van der Waals surface area contributed by atoms with Crippen molar-refractivity contribution >= 4 is 33.8 Å². The average Bonchev–Trinajstić information content (AvgIpc) is 2.73. The van der Waals surface area contributed by atoms with Crippen LogP contribution in [0.25, 0.3) is 6.08 Å². The normalized spacial score (nSPS) is 10.7. The number of benzene rings is 3. The third-order valence-electron chi connectivity index (χ3n) is 4.24. The Morgan fingerprint density at radius 1 is 0.897 bits per heavy atom. The lowest BCUT2D eigenvalue weighted by molar-refractivity contribution is 0.0734. The van der Waals surface area contributed by atoms with E-state index in [0.717, 1.165) is 15.6 Å². The molecule has 0 atom stereocenters. The first-order valence-corrected chi connectivity index (χ1v) is 9.70. The molecular weight excluding hydrogens is 432 g/mol. The van der Waals surface area contributed by atoms with Gasteiger partial charge in [0.15, 0.2) is 5.78 Å². The van der Waals surface area contributed by atoms with Crippen molar-refractivity contribution in [2.45, 2.75) is 6.92 Å².